The van der Waals surface area contributed by atoms with E-state index in [1.807, 2.05) is 6.92 Å². The minimum absolute atomic E-state index is 0.170. The molecule has 2 N–H and O–H groups in total. The molecule has 0 bridgehead atoms. The zero-order valence-corrected chi connectivity index (χ0v) is 9.42. The summed E-state index contributed by atoms with van der Waals surface area (Å²) in [4.78, 5) is 10.9. The van der Waals surface area contributed by atoms with Crippen molar-refractivity contribution in [1.82, 2.24) is 0 Å². The van der Waals surface area contributed by atoms with Crippen molar-refractivity contribution < 1.29 is 15.0 Å². The monoisotopic (exact) mass is 202 g/mol. The average molecular weight is 202 g/mol. The standard InChI is InChI=1S/C11H22O3/c1-4-6-7-8-9(3)11(14,5-2)10(12)13/h9,14H,4-8H2,1-3H3,(H,12,13). The van der Waals surface area contributed by atoms with Gasteiger partial charge in [0, 0.05) is 0 Å². The van der Waals surface area contributed by atoms with Crippen molar-refractivity contribution in [2.75, 3.05) is 0 Å². The largest absolute Gasteiger partial charge is 0.479 e. The summed E-state index contributed by atoms with van der Waals surface area (Å²) in [7, 11) is 0. The van der Waals surface area contributed by atoms with Gasteiger partial charge in [0.1, 0.15) is 0 Å². The van der Waals surface area contributed by atoms with Crippen molar-refractivity contribution in [1.29, 1.82) is 0 Å². The molecule has 2 unspecified atom stereocenters. The highest BCUT2D eigenvalue weighted by Gasteiger charge is 2.39. The van der Waals surface area contributed by atoms with Crippen LogP contribution in [0.15, 0.2) is 0 Å². The number of carboxylic acid groups (broad SMARTS) is 1. The normalized spacial score (nSPS) is 17.4. The highest BCUT2D eigenvalue weighted by molar-refractivity contribution is 5.77. The van der Waals surface area contributed by atoms with Crippen molar-refractivity contribution in [2.24, 2.45) is 5.92 Å². The van der Waals surface area contributed by atoms with E-state index in [4.69, 9.17) is 5.11 Å². The lowest BCUT2D eigenvalue weighted by Crippen LogP contribution is -2.44. The third-order valence-electron chi connectivity index (χ3n) is 2.97. The van der Waals surface area contributed by atoms with Crippen molar-refractivity contribution in [3.05, 3.63) is 0 Å². The Labute approximate surface area is 86.1 Å². The van der Waals surface area contributed by atoms with Crippen LogP contribution >= 0.6 is 0 Å². The summed E-state index contributed by atoms with van der Waals surface area (Å²) in [5.41, 5.74) is -1.53. The average Bonchev–Trinajstić information content (AvgIpc) is 2.16. The quantitative estimate of drug-likeness (QED) is 0.623. The van der Waals surface area contributed by atoms with Crippen LogP contribution in [0.1, 0.15) is 52.9 Å². The van der Waals surface area contributed by atoms with E-state index in [9.17, 15) is 9.90 Å². The second kappa shape index (κ2) is 6.02. The summed E-state index contributed by atoms with van der Waals surface area (Å²) in [6.07, 6.45) is 4.27. The van der Waals surface area contributed by atoms with Crippen LogP contribution in [0.25, 0.3) is 0 Å². The zero-order chi connectivity index (χ0) is 11.2. The number of aliphatic carboxylic acids is 1. The first-order valence-corrected chi connectivity index (χ1v) is 5.44. The predicted octanol–water partition coefficient (Wildman–Crippen LogP) is 2.43. The Morgan fingerprint density at radius 1 is 1.36 bits per heavy atom. The maximum Gasteiger partial charge on any atom is 0.335 e. The van der Waals surface area contributed by atoms with E-state index in [0.29, 0.717) is 0 Å². The van der Waals surface area contributed by atoms with Crippen molar-refractivity contribution in [3.8, 4) is 0 Å². The summed E-state index contributed by atoms with van der Waals surface area (Å²) in [6, 6.07) is 0. The first-order valence-electron chi connectivity index (χ1n) is 5.44. The van der Waals surface area contributed by atoms with Crippen molar-refractivity contribution in [2.45, 2.75) is 58.5 Å². The summed E-state index contributed by atoms with van der Waals surface area (Å²) >= 11 is 0. The molecule has 3 heteroatoms. The van der Waals surface area contributed by atoms with Gasteiger partial charge in [0.25, 0.3) is 0 Å². The Kier molecular flexibility index (Phi) is 5.77. The van der Waals surface area contributed by atoms with Gasteiger partial charge in [0.05, 0.1) is 0 Å². The number of hydrogen-bond donors (Lipinski definition) is 2. The molecule has 2 atom stereocenters. The molecule has 0 spiro atoms. The van der Waals surface area contributed by atoms with Gasteiger partial charge in [-0.3, -0.25) is 0 Å². The molecule has 3 nitrogen and oxygen atoms in total. The number of aliphatic hydroxyl groups is 1. The molecule has 0 radical (unpaired) electrons. The first-order chi connectivity index (χ1) is 6.49. The molecule has 0 saturated heterocycles. The van der Waals surface area contributed by atoms with Gasteiger partial charge in [-0.1, -0.05) is 40.0 Å². The molecule has 0 saturated carbocycles. The number of unbranched alkanes of at least 4 members (excludes halogenated alkanes) is 2. The van der Waals surface area contributed by atoms with E-state index in [2.05, 4.69) is 6.92 Å². The topological polar surface area (TPSA) is 57.5 Å². The molecule has 0 aliphatic rings. The van der Waals surface area contributed by atoms with Crippen LogP contribution in [0.5, 0.6) is 0 Å². The van der Waals surface area contributed by atoms with E-state index < -0.39 is 11.6 Å². The summed E-state index contributed by atoms with van der Waals surface area (Å²) in [5, 5.41) is 18.8. The van der Waals surface area contributed by atoms with Gasteiger partial charge in [0.2, 0.25) is 0 Å². The van der Waals surface area contributed by atoms with Crippen molar-refractivity contribution >= 4 is 5.97 Å². The first kappa shape index (κ1) is 13.4. The molecule has 84 valence electrons. The van der Waals surface area contributed by atoms with Crippen LogP contribution in [0.2, 0.25) is 0 Å². The third kappa shape index (κ3) is 3.29. The molecule has 0 amide bonds. The Balaban J connectivity index is 4.17. The van der Waals surface area contributed by atoms with Gasteiger partial charge >= 0.3 is 5.97 Å². The SMILES string of the molecule is CCCCCC(C)C(O)(CC)C(=O)O. The van der Waals surface area contributed by atoms with Gasteiger partial charge in [-0.2, -0.15) is 0 Å². The highest BCUT2D eigenvalue weighted by atomic mass is 16.4. The van der Waals surface area contributed by atoms with Crippen LogP contribution in [0.4, 0.5) is 0 Å². The lowest BCUT2D eigenvalue weighted by atomic mass is 9.83. The van der Waals surface area contributed by atoms with Crippen LogP contribution in [0.3, 0.4) is 0 Å². The van der Waals surface area contributed by atoms with Crippen molar-refractivity contribution in [3.63, 3.8) is 0 Å². The minimum atomic E-state index is -1.53. The van der Waals surface area contributed by atoms with Gasteiger partial charge in [0.15, 0.2) is 5.60 Å². The van der Waals surface area contributed by atoms with Gasteiger partial charge in [-0.05, 0) is 18.8 Å². The van der Waals surface area contributed by atoms with Crippen LogP contribution in [-0.4, -0.2) is 21.8 Å². The molecule has 0 heterocycles. The Morgan fingerprint density at radius 2 is 1.93 bits per heavy atom. The summed E-state index contributed by atoms with van der Waals surface area (Å²) < 4.78 is 0. The molecule has 0 aliphatic carbocycles. The van der Waals surface area contributed by atoms with Gasteiger partial charge in [-0.25, -0.2) is 4.79 Å². The van der Waals surface area contributed by atoms with Crippen LogP contribution < -0.4 is 0 Å². The molecule has 0 fully saturated rings. The lowest BCUT2D eigenvalue weighted by molar-refractivity contribution is -0.165. The van der Waals surface area contributed by atoms with E-state index in [1.165, 1.54) is 0 Å². The maximum absolute atomic E-state index is 10.9. The zero-order valence-electron chi connectivity index (χ0n) is 9.42. The Morgan fingerprint density at radius 3 is 2.29 bits per heavy atom. The second-order valence-electron chi connectivity index (χ2n) is 3.98. The van der Waals surface area contributed by atoms with E-state index in [1.54, 1.807) is 6.92 Å². The number of carboxylic acids is 1. The molecule has 0 aromatic heterocycles. The summed E-state index contributed by atoms with van der Waals surface area (Å²) in [5.74, 6) is -1.26. The smallest absolute Gasteiger partial charge is 0.335 e. The Hall–Kier alpha value is -0.570. The van der Waals surface area contributed by atoms with E-state index >= 15 is 0 Å². The highest BCUT2D eigenvalue weighted by Crippen LogP contribution is 2.26. The number of hydrogen-bond acceptors (Lipinski definition) is 2. The third-order valence-corrected chi connectivity index (χ3v) is 2.97. The minimum Gasteiger partial charge on any atom is -0.479 e. The van der Waals surface area contributed by atoms with Gasteiger partial charge in [-0.15, -0.1) is 0 Å². The Bertz CT molecular complexity index is 179. The molecular weight excluding hydrogens is 180 g/mol. The number of carbonyl (C=O) groups is 1. The second-order valence-corrected chi connectivity index (χ2v) is 3.98. The number of rotatable bonds is 7. The van der Waals surface area contributed by atoms with Crippen LogP contribution in [-0.2, 0) is 4.79 Å². The fraction of sp³-hybridized carbons (Fsp3) is 0.909. The maximum atomic E-state index is 10.9. The molecule has 14 heavy (non-hydrogen) atoms. The van der Waals surface area contributed by atoms with E-state index in [-0.39, 0.29) is 12.3 Å². The summed E-state index contributed by atoms with van der Waals surface area (Å²) in [6.45, 7) is 5.63. The lowest BCUT2D eigenvalue weighted by Gasteiger charge is -2.28. The predicted molar refractivity (Wildman–Crippen MR) is 56.2 cm³/mol. The fourth-order valence-electron chi connectivity index (χ4n) is 1.65. The molecule has 0 aromatic carbocycles. The van der Waals surface area contributed by atoms with Gasteiger partial charge < -0.3 is 10.2 Å². The molecular formula is C11H22O3. The molecule has 0 aromatic rings. The molecule has 0 rings (SSSR count). The van der Waals surface area contributed by atoms with E-state index in [0.717, 1.165) is 25.7 Å². The fourth-order valence-corrected chi connectivity index (χ4v) is 1.65. The van der Waals surface area contributed by atoms with Crippen LogP contribution in [0, 0.1) is 5.92 Å². The molecule has 0 aliphatic heterocycles.